The molecule has 0 saturated carbocycles. The van der Waals surface area contributed by atoms with Crippen molar-refractivity contribution in [1.82, 2.24) is 19.9 Å². The molecule has 1 aliphatic rings. The molecular weight excluding hydrogens is 440 g/mol. The molecule has 5 nitrogen and oxygen atoms in total. The quantitative estimate of drug-likeness (QED) is 0.393. The maximum Gasteiger partial charge on any atom is 0.262 e. The lowest BCUT2D eigenvalue weighted by Gasteiger charge is -2.23. The fourth-order valence-corrected chi connectivity index (χ4v) is 6.25. The Labute approximate surface area is 202 Å². The second-order valence-electron chi connectivity index (χ2n) is 9.04. The van der Waals surface area contributed by atoms with Crippen LogP contribution in [-0.2, 0) is 25.8 Å². The standard InChI is InChI=1S/C28H26N4OS/c33-28-26-24-8-7-23(30-14-11-19-9-12-29-13-10-19)16-25(24)34-27(26)31-18-32(28)17-20-5-6-21-3-1-2-4-22(21)15-20/h1-6,9-10,12-13,15,18,23,30H,7-8,11,14,16-17H2. The molecule has 0 bridgehead atoms. The number of hydrogen-bond donors (Lipinski definition) is 1. The predicted octanol–water partition coefficient (Wildman–Crippen LogP) is 4.74. The summed E-state index contributed by atoms with van der Waals surface area (Å²) in [5.74, 6) is 0. The van der Waals surface area contributed by atoms with Crippen LogP contribution in [0.1, 0.15) is 28.0 Å². The van der Waals surface area contributed by atoms with Gasteiger partial charge in [0, 0.05) is 23.3 Å². The zero-order chi connectivity index (χ0) is 22.9. The van der Waals surface area contributed by atoms with Gasteiger partial charge >= 0.3 is 0 Å². The Kier molecular flexibility index (Phi) is 5.69. The number of nitrogens with zero attached hydrogens (tertiary/aromatic N) is 3. The van der Waals surface area contributed by atoms with E-state index in [1.165, 1.54) is 26.8 Å². The number of aromatic nitrogens is 3. The van der Waals surface area contributed by atoms with Crippen LogP contribution in [0.4, 0.5) is 0 Å². The summed E-state index contributed by atoms with van der Waals surface area (Å²) in [6, 6.07) is 19.3. The first-order valence-electron chi connectivity index (χ1n) is 11.8. The summed E-state index contributed by atoms with van der Waals surface area (Å²) in [7, 11) is 0. The van der Waals surface area contributed by atoms with E-state index in [1.54, 1.807) is 22.2 Å². The molecule has 0 radical (unpaired) electrons. The fourth-order valence-electron chi connectivity index (χ4n) is 4.99. The third-order valence-electron chi connectivity index (χ3n) is 6.80. The highest BCUT2D eigenvalue weighted by molar-refractivity contribution is 7.18. The molecular formula is C28H26N4OS. The molecule has 1 N–H and O–H groups in total. The number of nitrogens with one attached hydrogen (secondary N) is 1. The lowest BCUT2D eigenvalue weighted by molar-refractivity contribution is 0.466. The van der Waals surface area contributed by atoms with E-state index in [9.17, 15) is 4.79 Å². The van der Waals surface area contributed by atoms with E-state index < -0.39 is 0 Å². The Hall–Kier alpha value is -3.35. The van der Waals surface area contributed by atoms with Crippen molar-refractivity contribution in [2.45, 2.75) is 38.3 Å². The zero-order valence-corrected chi connectivity index (χ0v) is 19.7. The molecule has 0 spiro atoms. The Morgan fingerprint density at radius 2 is 1.88 bits per heavy atom. The second-order valence-corrected chi connectivity index (χ2v) is 10.1. The summed E-state index contributed by atoms with van der Waals surface area (Å²) in [5, 5.41) is 6.95. The van der Waals surface area contributed by atoms with Crippen molar-refractivity contribution < 1.29 is 0 Å². The molecule has 5 aromatic rings. The highest BCUT2D eigenvalue weighted by atomic mass is 32.1. The first kappa shape index (κ1) is 21.2. The molecule has 0 amide bonds. The fraction of sp³-hybridized carbons (Fsp3) is 0.250. The van der Waals surface area contributed by atoms with Crippen molar-refractivity contribution in [3.63, 3.8) is 0 Å². The van der Waals surface area contributed by atoms with Crippen molar-refractivity contribution in [3.8, 4) is 0 Å². The van der Waals surface area contributed by atoms with Crippen LogP contribution in [0.25, 0.3) is 21.0 Å². The topological polar surface area (TPSA) is 59.8 Å². The molecule has 3 aromatic heterocycles. The van der Waals surface area contributed by atoms with Crippen molar-refractivity contribution in [3.05, 3.63) is 105 Å². The summed E-state index contributed by atoms with van der Waals surface area (Å²) in [6.45, 7) is 1.49. The normalized spacial score (nSPS) is 15.6. The maximum absolute atomic E-state index is 13.4. The van der Waals surface area contributed by atoms with Crippen molar-refractivity contribution in [2.24, 2.45) is 0 Å². The first-order valence-corrected chi connectivity index (χ1v) is 12.7. The lowest BCUT2D eigenvalue weighted by atomic mass is 9.93. The van der Waals surface area contributed by atoms with Gasteiger partial charge in [-0.2, -0.15) is 0 Å². The van der Waals surface area contributed by atoms with Crippen LogP contribution < -0.4 is 10.9 Å². The van der Waals surface area contributed by atoms with Crippen molar-refractivity contribution in [1.29, 1.82) is 0 Å². The number of pyridine rings is 1. The average Bonchev–Trinajstić information content (AvgIpc) is 3.25. The first-order chi connectivity index (χ1) is 16.7. The SMILES string of the molecule is O=c1c2c3c(sc2ncn1Cc1ccc2ccccc2c1)CC(NCCc1ccncc1)CC3. The third-order valence-corrected chi connectivity index (χ3v) is 7.96. The van der Waals surface area contributed by atoms with Gasteiger partial charge < -0.3 is 5.32 Å². The smallest absolute Gasteiger partial charge is 0.262 e. The number of thiophene rings is 1. The van der Waals surface area contributed by atoms with Crippen LogP contribution in [0, 0.1) is 0 Å². The molecule has 0 aliphatic heterocycles. The summed E-state index contributed by atoms with van der Waals surface area (Å²) in [6.07, 6.45) is 9.36. The number of benzene rings is 2. The Morgan fingerprint density at radius 3 is 2.76 bits per heavy atom. The average molecular weight is 467 g/mol. The summed E-state index contributed by atoms with van der Waals surface area (Å²) in [4.78, 5) is 24.4. The van der Waals surface area contributed by atoms with E-state index in [0.29, 0.717) is 12.6 Å². The molecule has 1 atom stereocenters. The second kappa shape index (κ2) is 9.12. The highest BCUT2D eigenvalue weighted by Gasteiger charge is 2.25. The molecule has 6 rings (SSSR count). The van der Waals surface area contributed by atoms with Crippen LogP contribution in [0.2, 0.25) is 0 Å². The molecule has 34 heavy (non-hydrogen) atoms. The molecule has 0 fully saturated rings. The Balaban J connectivity index is 1.20. The molecule has 1 aliphatic carbocycles. The number of rotatable bonds is 6. The van der Waals surface area contributed by atoms with Gasteiger partial charge in [-0.15, -0.1) is 11.3 Å². The summed E-state index contributed by atoms with van der Waals surface area (Å²) in [5.41, 5.74) is 3.72. The largest absolute Gasteiger partial charge is 0.313 e. The molecule has 6 heteroatoms. The maximum atomic E-state index is 13.4. The van der Waals surface area contributed by atoms with Gasteiger partial charge in [-0.1, -0.05) is 36.4 Å². The predicted molar refractivity (Wildman–Crippen MR) is 139 cm³/mol. The molecule has 3 heterocycles. The highest BCUT2D eigenvalue weighted by Crippen LogP contribution is 2.33. The zero-order valence-electron chi connectivity index (χ0n) is 18.9. The van der Waals surface area contributed by atoms with Gasteiger partial charge in [0.25, 0.3) is 5.56 Å². The van der Waals surface area contributed by atoms with E-state index in [2.05, 4.69) is 57.7 Å². The van der Waals surface area contributed by atoms with Gasteiger partial charge in [-0.3, -0.25) is 14.3 Å². The number of aryl methyl sites for hydroxylation is 1. The molecule has 170 valence electrons. The molecule has 1 unspecified atom stereocenters. The number of hydrogen-bond acceptors (Lipinski definition) is 5. The van der Waals surface area contributed by atoms with Crippen LogP contribution in [0.15, 0.2) is 78.1 Å². The van der Waals surface area contributed by atoms with E-state index >= 15 is 0 Å². The van der Waals surface area contributed by atoms with Crippen molar-refractivity contribution in [2.75, 3.05) is 6.54 Å². The molecule has 2 aromatic carbocycles. The summed E-state index contributed by atoms with van der Waals surface area (Å²) >= 11 is 1.69. The Bertz CT molecular complexity index is 1520. The van der Waals surface area contributed by atoms with Gasteiger partial charge in [-0.25, -0.2) is 4.98 Å². The minimum Gasteiger partial charge on any atom is -0.313 e. The van der Waals surface area contributed by atoms with E-state index in [4.69, 9.17) is 0 Å². The van der Waals surface area contributed by atoms with E-state index in [0.717, 1.165) is 48.0 Å². The third kappa shape index (κ3) is 4.15. The van der Waals surface area contributed by atoms with Crippen molar-refractivity contribution >= 4 is 32.3 Å². The van der Waals surface area contributed by atoms with Gasteiger partial charge in [0.1, 0.15) is 4.83 Å². The Morgan fingerprint density at radius 1 is 1.03 bits per heavy atom. The summed E-state index contributed by atoms with van der Waals surface area (Å²) < 4.78 is 1.76. The minimum atomic E-state index is 0.0831. The van der Waals surface area contributed by atoms with Gasteiger partial charge in [0.2, 0.25) is 0 Å². The minimum absolute atomic E-state index is 0.0831. The molecule has 0 saturated heterocycles. The van der Waals surface area contributed by atoms with Crippen LogP contribution in [-0.4, -0.2) is 27.1 Å². The van der Waals surface area contributed by atoms with Gasteiger partial charge in [-0.05, 0) is 77.9 Å². The van der Waals surface area contributed by atoms with Crippen LogP contribution >= 0.6 is 11.3 Å². The van der Waals surface area contributed by atoms with Gasteiger partial charge in [0.15, 0.2) is 0 Å². The van der Waals surface area contributed by atoms with E-state index in [-0.39, 0.29) is 5.56 Å². The lowest BCUT2D eigenvalue weighted by Crippen LogP contribution is -2.35. The van der Waals surface area contributed by atoms with Crippen LogP contribution in [0.3, 0.4) is 0 Å². The van der Waals surface area contributed by atoms with E-state index in [1.807, 2.05) is 24.5 Å². The van der Waals surface area contributed by atoms with Gasteiger partial charge in [0.05, 0.1) is 18.3 Å². The van der Waals surface area contributed by atoms with Crippen LogP contribution in [0.5, 0.6) is 0 Å². The number of fused-ring (bicyclic) bond motifs is 4. The monoisotopic (exact) mass is 466 g/mol.